The maximum Gasteiger partial charge on any atom is 0.419 e. The van der Waals surface area contributed by atoms with Crippen molar-refractivity contribution < 1.29 is 14.1 Å². The van der Waals surface area contributed by atoms with Gasteiger partial charge in [-0.25, -0.2) is 4.79 Å². The van der Waals surface area contributed by atoms with Crippen molar-refractivity contribution in [3.8, 4) is 0 Å². The van der Waals surface area contributed by atoms with E-state index in [0.29, 0.717) is 25.0 Å². The summed E-state index contributed by atoms with van der Waals surface area (Å²) in [5.74, 6) is -0.670. The van der Waals surface area contributed by atoms with Crippen molar-refractivity contribution >= 4 is 22.7 Å². The number of nitrogens with one attached hydrogen (secondary N) is 1. The summed E-state index contributed by atoms with van der Waals surface area (Å²) < 4.78 is 6.53. The largest absolute Gasteiger partial charge is 0.419 e. The van der Waals surface area contributed by atoms with Crippen LogP contribution in [0.15, 0.2) is 51.7 Å². The predicted octanol–water partition coefficient (Wildman–Crippen LogP) is 3.59. The van der Waals surface area contributed by atoms with Gasteiger partial charge in [0.05, 0.1) is 16.5 Å². The van der Waals surface area contributed by atoms with Gasteiger partial charge in [0.15, 0.2) is 5.58 Å². The maximum atomic E-state index is 12.4. The van der Waals surface area contributed by atoms with Gasteiger partial charge in [-0.15, -0.1) is 0 Å². The van der Waals surface area contributed by atoms with E-state index in [4.69, 9.17) is 4.42 Å². The summed E-state index contributed by atoms with van der Waals surface area (Å²) in [5, 5.41) is 13.9. The van der Waals surface area contributed by atoms with E-state index < -0.39 is 10.7 Å². The van der Waals surface area contributed by atoms with E-state index in [-0.39, 0.29) is 23.6 Å². The Balaban J connectivity index is 1.30. The molecule has 9 heteroatoms. The standard InChI is InChI=1S/C24H28N4O5/c29-23(25-16-18-7-2-3-8-19(18)17-26-12-4-1-5-13-26)9-6-14-27-21-11-10-20(28(31)32)15-22(21)33-24(27)30/h2-3,7-8,10-11,15H,1,4-6,9,12-14,16-17H2,(H,25,29). The van der Waals surface area contributed by atoms with E-state index in [1.165, 1.54) is 47.6 Å². The number of non-ortho nitro benzene ring substituents is 1. The molecule has 0 radical (unpaired) electrons. The molecule has 3 aromatic rings. The first-order valence-electron chi connectivity index (χ1n) is 11.3. The number of benzene rings is 2. The van der Waals surface area contributed by atoms with Gasteiger partial charge >= 0.3 is 5.76 Å². The average Bonchev–Trinajstić information content (AvgIpc) is 3.13. The van der Waals surface area contributed by atoms with E-state index in [0.717, 1.165) is 25.2 Å². The molecule has 0 spiro atoms. The fourth-order valence-electron chi connectivity index (χ4n) is 4.30. The second-order valence-corrected chi connectivity index (χ2v) is 8.41. The Morgan fingerprint density at radius 1 is 1.09 bits per heavy atom. The summed E-state index contributed by atoms with van der Waals surface area (Å²) in [6, 6.07) is 12.3. The van der Waals surface area contributed by atoms with Crippen LogP contribution in [-0.2, 0) is 24.4 Å². The Kier molecular flexibility index (Phi) is 7.19. The fraction of sp³-hybridized carbons (Fsp3) is 0.417. The fourth-order valence-corrected chi connectivity index (χ4v) is 4.30. The first kappa shape index (κ1) is 22.7. The van der Waals surface area contributed by atoms with E-state index in [9.17, 15) is 19.7 Å². The zero-order chi connectivity index (χ0) is 23.2. The van der Waals surface area contributed by atoms with Crippen LogP contribution in [0.5, 0.6) is 0 Å². The lowest BCUT2D eigenvalue weighted by Gasteiger charge is -2.27. The number of hydrogen-bond acceptors (Lipinski definition) is 6. The molecule has 0 unspecified atom stereocenters. The van der Waals surface area contributed by atoms with Gasteiger partial charge in [-0.2, -0.15) is 0 Å². The Morgan fingerprint density at radius 3 is 2.61 bits per heavy atom. The average molecular weight is 453 g/mol. The number of hydrogen-bond donors (Lipinski definition) is 1. The molecule has 174 valence electrons. The number of aryl methyl sites for hydroxylation is 1. The Morgan fingerprint density at radius 2 is 1.85 bits per heavy atom. The molecule has 0 saturated carbocycles. The quantitative estimate of drug-likeness (QED) is 0.392. The second-order valence-electron chi connectivity index (χ2n) is 8.41. The summed E-state index contributed by atoms with van der Waals surface area (Å²) in [6.45, 7) is 3.91. The lowest BCUT2D eigenvalue weighted by atomic mass is 10.0. The van der Waals surface area contributed by atoms with Crippen LogP contribution in [-0.4, -0.2) is 33.4 Å². The van der Waals surface area contributed by atoms with Gasteiger partial charge in [-0.05, 0) is 49.5 Å². The normalized spacial score (nSPS) is 14.4. The molecule has 4 rings (SSSR count). The smallest absolute Gasteiger partial charge is 0.407 e. The molecular formula is C24H28N4O5. The van der Waals surface area contributed by atoms with Crippen LogP contribution in [0.3, 0.4) is 0 Å². The summed E-state index contributed by atoms with van der Waals surface area (Å²) in [7, 11) is 0. The topological polar surface area (TPSA) is 111 Å². The molecule has 0 aliphatic carbocycles. The van der Waals surface area contributed by atoms with E-state index in [2.05, 4.69) is 22.3 Å². The summed E-state index contributed by atoms with van der Waals surface area (Å²) >= 11 is 0. The molecule has 1 saturated heterocycles. The number of piperidine rings is 1. The number of oxazole rings is 1. The second kappa shape index (κ2) is 10.4. The van der Waals surface area contributed by atoms with Gasteiger partial charge in [-0.3, -0.25) is 24.4 Å². The molecule has 1 aliphatic rings. The molecule has 2 heterocycles. The molecule has 9 nitrogen and oxygen atoms in total. The number of amides is 1. The van der Waals surface area contributed by atoms with Crippen molar-refractivity contribution in [2.75, 3.05) is 13.1 Å². The minimum absolute atomic E-state index is 0.0840. The van der Waals surface area contributed by atoms with Crippen LogP contribution in [0.2, 0.25) is 0 Å². The van der Waals surface area contributed by atoms with Gasteiger partial charge < -0.3 is 9.73 Å². The van der Waals surface area contributed by atoms with Gasteiger partial charge in [0, 0.05) is 32.1 Å². The highest BCUT2D eigenvalue weighted by Crippen LogP contribution is 2.20. The Hall–Kier alpha value is -3.46. The Labute approximate surface area is 191 Å². The highest BCUT2D eigenvalue weighted by Gasteiger charge is 2.15. The van der Waals surface area contributed by atoms with Crippen LogP contribution in [0.25, 0.3) is 11.1 Å². The maximum absolute atomic E-state index is 12.4. The summed E-state index contributed by atoms with van der Waals surface area (Å²) in [6.07, 6.45) is 4.50. The zero-order valence-electron chi connectivity index (χ0n) is 18.5. The van der Waals surface area contributed by atoms with E-state index in [1.54, 1.807) is 0 Å². The third-order valence-corrected chi connectivity index (χ3v) is 6.09. The minimum atomic E-state index is -0.586. The Bertz CT molecular complexity index is 1190. The number of nitrogens with zero attached hydrogens (tertiary/aromatic N) is 3. The molecule has 1 N–H and O–H groups in total. The van der Waals surface area contributed by atoms with Crippen molar-refractivity contribution in [1.82, 2.24) is 14.8 Å². The number of rotatable bonds is 9. The van der Waals surface area contributed by atoms with Crippen LogP contribution in [0.4, 0.5) is 5.69 Å². The van der Waals surface area contributed by atoms with Crippen molar-refractivity contribution in [1.29, 1.82) is 0 Å². The number of fused-ring (bicyclic) bond motifs is 1. The molecule has 1 fully saturated rings. The lowest BCUT2D eigenvalue weighted by molar-refractivity contribution is -0.384. The molecular weight excluding hydrogens is 424 g/mol. The SMILES string of the molecule is O=C(CCCn1c(=O)oc2cc([N+](=O)[O-])ccc21)NCc1ccccc1CN1CCCCC1. The monoisotopic (exact) mass is 452 g/mol. The van der Waals surface area contributed by atoms with Gasteiger partial charge in [-0.1, -0.05) is 30.7 Å². The predicted molar refractivity (Wildman–Crippen MR) is 124 cm³/mol. The lowest BCUT2D eigenvalue weighted by Crippen LogP contribution is -2.30. The third kappa shape index (κ3) is 5.67. The van der Waals surface area contributed by atoms with Crippen LogP contribution < -0.4 is 11.1 Å². The molecule has 2 aromatic carbocycles. The van der Waals surface area contributed by atoms with E-state index >= 15 is 0 Å². The summed E-state index contributed by atoms with van der Waals surface area (Å²) in [5.41, 5.74) is 2.88. The van der Waals surface area contributed by atoms with E-state index in [1.807, 2.05) is 12.1 Å². The molecule has 33 heavy (non-hydrogen) atoms. The number of carbonyl (C=O) groups excluding carboxylic acids is 1. The number of nitro groups is 1. The molecule has 1 aliphatic heterocycles. The van der Waals surface area contributed by atoms with Crippen LogP contribution in [0, 0.1) is 10.1 Å². The number of likely N-dealkylation sites (tertiary alicyclic amines) is 1. The summed E-state index contributed by atoms with van der Waals surface area (Å²) in [4.78, 5) is 37.4. The highest BCUT2D eigenvalue weighted by atomic mass is 16.6. The molecule has 0 atom stereocenters. The van der Waals surface area contributed by atoms with Gasteiger partial charge in [0.2, 0.25) is 5.91 Å². The van der Waals surface area contributed by atoms with Crippen LogP contribution >= 0.6 is 0 Å². The van der Waals surface area contributed by atoms with Crippen molar-refractivity contribution in [3.63, 3.8) is 0 Å². The van der Waals surface area contributed by atoms with Gasteiger partial charge in [0.1, 0.15) is 0 Å². The minimum Gasteiger partial charge on any atom is -0.407 e. The molecule has 1 aromatic heterocycles. The third-order valence-electron chi connectivity index (χ3n) is 6.09. The molecule has 0 bridgehead atoms. The number of carbonyl (C=O) groups is 1. The zero-order valence-corrected chi connectivity index (χ0v) is 18.5. The van der Waals surface area contributed by atoms with Crippen molar-refractivity contribution in [3.05, 3.63) is 74.3 Å². The highest BCUT2D eigenvalue weighted by molar-refractivity contribution is 5.76. The number of aromatic nitrogens is 1. The first-order valence-corrected chi connectivity index (χ1v) is 11.3. The number of nitro benzene ring substituents is 1. The van der Waals surface area contributed by atoms with Crippen molar-refractivity contribution in [2.24, 2.45) is 0 Å². The first-order chi connectivity index (χ1) is 16.0. The van der Waals surface area contributed by atoms with Crippen molar-refractivity contribution in [2.45, 2.75) is 51.7 Å². The van der Waals surface area contributed by atoms with Gasteiger partial charge in [0.25, 0.3) is 5.69 Å². The van der Waals surface area contributed by atoms with Crippen LogP contribution in [0.1, 0.15) is 43.2 Å². The molecule has 1 amide bonds.